The van der Waals surface area contributed by atoms with Crippen molar-refractivity contribution < 1.29 is 4.79 Å². The number of carbonyl (C=O) groups excluding carboxylic acids is 1. The van der Waals surface area contributed by atoms with Gasteiger partial charge in [0.1, 0.15) is 0 Å². The Balaban J connectivity index is 1.94. The van der Waals surface area contributed by atoms with Gasteiger partial charge >= 0.3 is 0 Å². The van der Waals surface area contributed by atoms with Gasteiger partial charge in [-0.1, -0.05) is 67.2 Å². The maximum Gasteiger partial charge on any atom is 0.227 e. The van der Waals surface area contributed by atoms with Crippen LogP contribution in [0.3, 0.4) is 0 Å². The molecule has 2 heteroatoms. The fraction of sp³-hybridized carbons (Fsp3) is 0.167. The van der Waals surface area contributed by atoms with Crippen LogP contribution < -0.4 is 0 Å². The number of hydrogen-bond donors (Lipinski definition) is 0. The monoisotopic (exact) mass is 263 g/mol. The van der Waals surface area contributed by atoms with Crippen LogP contribution in [-0.4, -0.2) is 10.8 Å². The first kappa shape index (κ1) is 12.7. The summed E-state index contributed by atoms with van der Waals surface area (Å²) in [6.45, 7) is 4.14. The van der Waals surface area contributed by atoms with Gasteiger partial charge in [0, 0.05) is 12.1 Å². The van der Waals surface area contributed by atoms with Crippen molar-refractivity contribution >= 4 is 11.6 Å². The predicted octanol–water partition coefficient (Wildman–Crippen LogP) is 4.02. The molecule has 1 aliphatic heterocycles. The molecule has 2 aromatic rings. The zero-order valence-corrected chi connectivity index (χ0v) is 11.3. The molecule has 0 radical (unpaired) electrons. The lowest BCUT2D eigenvalue weighted by Crippen LogP contribution is -2.25. The Kier molecular flexibility index (Phi) is 3.38. The number of hydrogen-bond acceptors (Lipinski definition) is 1. The number of nitrogens with zero attached hydrogens (tertiary/aromatic N) is 1. The van der Waals surface area contributed by atoms with E-state index >= 15 is 0 Å². The van der Waals surface area contributed by atoms with E-state index in [1.807, 2.05) is 53.4 Å². The molecule has 2 nitrogen and oxygen atoms in total. The topological polar surface area (TPSA) is 20.3 Å². The van der Waals surface area contributed by atoms with Crippen molar-refractivity contribution in [2.45, 2.75) is 18.9 Å². The molecule has 20 heavy (non-hydrogen) atoms. The van der Waals surface area contributed by atoms with Crippen LogP contribution in [0, 0.1) is 0 Å². The SMILES string of the molecule is C=C(c1ccccc1)N1C(=O)CC[C@H]1c1ccccc1. The highest BCUT2D eigenvalue weighted by Crippen LogP contribution is 2.38. The van der Waals surface area contributed by atoms with Crippen LogP contribution in [0.5, 0.6) is 0 Å². The van der Waals surface area contributed by atoms with Crippen molar-refractivity contribution in [3.8, 4) is 0 Å². The molecule has 3 rings (SSSR count). The van der Waals surface area contributed by atoms with Gasteiger partial charge in [0.15, 0.2) is 0 Å². The highest BCUT2D eigenvalue weighted by atomic mass is 16.2. The summed E-state index contributed by atoms with van der Waals surface area (Å²) in [4.78, 5) is 14.1. The van der Waals surface area contributed by atoms with Crippen LogP contribution in [0.15, 0.2) is 67.2 Å². The zero-order valence-electron chi connectivity index (χ0n) is 11.3. The Morgan fingerprint density at radius 1 is 1.00 bits per heavy atom. The summed E-state index contributed by atoms with van der Waals surface area (Å²) in [5.74, 6) is 0.160. The minimum absolute atomic E-state index is 0.108. The summed E-state index contributed by atoms with van der Waals surface area (Å²) in [7, 11) is 0. The number of rotatable bonds is 3. The van der Waals surface area contributed by atoms with Crippen molar-refractivity contribution in [1.29, 1.82) is 0 Å². The Hall–Kier alpha value is -2.35. The molecular weight excluding hydrogens is 246 g/mol. The van der Waals surface area contributed by atoms with E-state index in [0.717, 1.165) is 17.7 Å². The molecule has 0 bridgehead atoms. The van der Waals surface area contributed by atoms with Crippen LogP contribution in [0.1, 0.15) is 30.0 Å². The molecule has 0 aromatic heterocycles. The molecule has 0 spiro atoms. The maximum absolute atomic E-state index is 12.2. The molecular formula is C18H17NO. The number of likely N-dealkylation sites (tertiary alicyclic amines) is 1. The Labute approximate surface area is 119 Å². The lowest BCUT2D eigenvalue weighted by Gasteiger charge is -2.27. The van der Waals surface area contributed by atoms with Gasteiger partial charge in [0.2, 0.25) is 5.91 Å². The number of benzene rings is 2. The van der Waals surface area contributed by atoms with Crippen molar-refractivity contribution in [2.24, 2.45) is 0 Å². The number of amides is 1. The molecule has 0 saturated carbocycles. The van der Waals surface area contributed by atoms with Gasteiger partial charge in [0.25, 0.3) is 0 Å². The molecule has 1 amide bonds. The zero-order chi connectivity index (χ0) is 13.9. The van der Waals surface area contributed by atoms with E-state index in [9.17, 15) is 4.79 Å². The summed E-state index contributed by atoms with van der Waals surface area (Å²) >= 11 is 0. The largest absolute Gasteiger partial charge is 0.305 e. The van der Waals surface area contributed by atoms with Crippen LogP contribution in [0.4, 0.5) is 0 Å². The minimum atomic E-state index is 0.108. The quantitative estimate of drug-likeness (QED) is 0.819. The summed E-state index contributed by atoms with van der Waals surface area (Å²) in [5.41, 5.74) is 2.97. The second kappa shape index (κ2) is 5.33. The lowest BCUT2D eigenvalue weighted by atomic mass is 10.0. The van der Waals surface area contributed by atoms with E-state index in [1.54, 1.807) is 0 Å². The fourth-order valence-electron chi connectivity index (χ4n) is 2.78. The third-order valence-corrected chi connectivity index (χ3v) is 3.79. The van der Waals surface area contributed by atoms with E-state index in [1.165, 1.54) is 5.56 Å². The normalized spacial score (nSPS) is 18.3. The average molecular weight is 263 g/mol. The molecule has 100 valence electrons. The van der Waals surface area contributed by atoms with Gasteiger partial charge in [0.05, 0.1) is 6.04 Å². The molecule has 0 aliphatic carbocycles. The Morgan fingerprint density at radius 2 is 1.60 bits per heavy atom. The van der Waals surface area contributed by atoms with E-state index in [4.69, 9.17) is 0 Å². The fourth-order valence-corrected chi connectivity index (χ4v) is 2.78. The van der Waals surface area contributed by atoms with E-state index < -0.39 is 0 Å². The highest BCUT2D eigenvalue weighted by molar-refractivity contribution is 5.88. The third-order valence-electron chi connectivity index (χ3n) is 3.79. The van der Waals surface area contributed by atoms with Gasteiger partial charge in [-0.3, -0.25) is 4.79 Å². The number of carbonyl (C=O) groups is 1. The van der Waals surface area contributed by atoms with Gasteiger partial charge < -0.3 is 4.90 Å². The van der Waals surface area contributed by atoms with Crippen molar-refractivity contribution in [3.63, 3.8) is 0 Å². The molecule has 1 fully saturated rings. The van der Waals surface area contributed by atoms with Crippen LogP contribution in [0.2, 0.25) is 0 Å². The summed E-state index contributed by atoms with van der Waals surface area (Å²) in [6.07, 6.45) is 1.44. The summed E-state index contributed by atoms with van der Waals surface area (Å²) in [5, 5.41) is 0. The summed E-state index contributed by atoms with van der Waals surface area (Å²) in [6, 6.07) is 20.2. The van der Waals surface area contributed by atoms with Crippen molar-refractivity contribution in [1.82, 2.24) is 4.90 Å². The van der Waals surface area contributed by atoms with Crippen molar-refractivity contribution in [3.05, 3.63) is 78.4 Å². The molecule has 1 saturated heterocycles. The Bertz CT molecular complexity index is 618. The average Bonchev–Trinajstić information content (AvgIpc) is 2.90. The van der Waals surface area contributed by atoms with Crippen LogP contribution in [0.25, 0.3) is 5.70 Å². The highest BCUT2D eigenvalue weighted by Gasteiger charge is 2.33. The molecule has 1 heterocycles. The van der Waals surface area contributed by atoms with Gasteiger partial charge in [-0.05, 0) is 17.5 Å². The third kappa shape index (κ3) is 2.25. The second-order valence-electron chi connectivity index (χ2n) is 5.04. The van der Waals surface area contributed by atoms with Gasteiger partial charge in [-0.15, -0.1) is 0 Å². The van der Waals surface area contributed by atoms with Crippen LogP contribution >= 0.6 is 0 Å². The van der Waals surface area contributed by atoms with E-state index in [0.29, 0.717) is 6.42 Å². The first-order chi connectivity index (χ1) is 9.77. The summed E-state index contributed by atoms with van der Waals surface area (Å²) < 4.78 is 0. The van der Waals surface area contributed by atoms with Crippen LogP contribution in [-0.2, 0) is 4.79 Å². The molecule has 1 atom stereocenters. The minimum Gasteiger partial charge on any atom is -0.305 e. The molecule has 2 aromatic carbocycles. The van der Waals surface area contributed by atoms with E-state index in [-0.39, 0.29) is 11.9 Å². The van der Waals surface area contributed by atoms with Gasteiger partial charge in [-0.25, -0.2) is 0 Å². The van der Waals surface area contributed by atoms with Gasteiger partial charge in [-0.2, -0.15) is 0 Å². The molecule has 0 unspecified atom stereocenters. The first-order valence-electron chi connectivity index (χ1n) is 6.88. The molecule has 0 N–H and O–H groups in total. The van der Waals surface area contributed by atoms with E-state index in [2.05, 4.69) is 18.7 Å². The smallest absolute Gasteiger partial charge is 0.227 e. The molecule has 1 aliphatic rings. The predicted molar refractivity (Wildman–Crippen MR) is 80.7 cm³/mol. The lowest BCUT2D eigenvalue weighted by molar-refractivity contribution is -0.125. The Morgan fingerprint density at radius 3 is 2.25 bits per heavy atom. The first-order valence-corrected chi connectivity index (χ1v) is 6.88. The standard InChI is InChI=1S/C18H17NO/c1-14(15-8-4-2-5-9-15)19-17(12-13-18(19)20)16-10-6-3-7-11-16/h2-11,17H,1,12-13H2/t17-/m0/s1. The van der Waals surface area contributed by atoms with Crippen molar-refractivity contribution in [2.75, 3.05) is 0 Å². The maximum atomic E-state index is 12.2. The second-order valence-corrected chi connectivity index (χ2v) is 5.04.